The topological polar surface area (TPSA) is 76.0 Å². The Balaban J connectivity index is 1.26. The van der Waals surface area contributed by atoms with E-state index in [4.69, 9.17) is 19.6 Å². The van der Waals surface area contributed by atoms with Gasteiger partial charge in [0.2, 0.25) is 0 Å². The molecule has 2 aliphatic heterocycles. The van der Waals surface area contributed by atoms with Crippen LogP contribution in [0.3, 0.4) is 0 Å². The minimum Gasteiger partial charge on any atom is -0.497 e. The number of ether oxygens (including phenoxy) is 2. The van der Waals surface area contributed by atoms with Crippen LogP contribution in [-0.4, -0.2) is 59.0 Å². The SMILES string of the molecule is COc1ccc(CN2CCN(c3ccn(-c4cc(C)nc5c4CC(C)N5c4ccc(OC)cc4C)n3)C2=O)cc1. The van der Waals surface area contributed by atoms with Gasteiger partial charge in [-0.25, -0.2) is 14.5 Å². The lowest BCUT2D eigenvalue weighted by Gasteiger charge is -2.26. The third-order valence-electron chi connectivity index (χ3n) is 7.76. The van der Waals surface area contributed by atoms with Crippen molar-refractivity contribution in [2.24, 2.45) is 0 Å². The molecule has 6 rings (SSSR count). The van der Waals surface area contributed by atoms with Crippen molar-refractivity contribution >= 4 is 23.4 Å². The molecule has 1 atom stereocenters. The second kappa shape index (κ2) is 10.2. The zero-order chi connectivity index (χ0) is 28.0. The van der Waals surface area contributed by atoms with Crippen LogP contribution < -0.4 is 19.3 Å². The highest BCUT2D eigenvalue weighted by molar-refractivity contribution is 5.93. The molecule has 0 radical (unpaired) electrons. The van der Waals surface area contributed by atoms with Crippen molar-refractivity contribution in [1.82, 2.24) is 19.7 Å². The normalized spacial score (nSPS) is 16.6. The highest BCUT2D eigenvalue weighted by Crippen LogP contribution is 2.42. The molecule has 2 amide bonds. The van der Waals surface area contributed by atoms with Crippen molar-refractivity contribution in [3.8, 4) is 17.2 Å². The van der Waals surface area contributed by atoms with Crippen LogP contribution in [0.15, 0.2) is 60.8 Å². The molecule has 4 aromatic rings. The van der Waals surface area contributed by atoms with Crippen molar-refractivity contribution in [2.75, 3.05) is 37.1 Å². The first-order valence-corrected chi connectivity index (χ1v) is 13.6. The lowest BCUT2D eigenvalue weighted by Crippen LogP contribution is -2.31. The van der Waals surface area contributed by atoms with E-state index in [2.05, 4.69) is 36.9 Å². The molecule has 206 valence electrons. The summed E-state index contributed by atoms with van der Waals surface area (Å²) in [7, 11) is 3.34. The van der Waals surface area contributed by atoms with Crippen LogP contribution in [0.2, 0.25) is 0 Å². The second-order valence-electron chi connectivity index (χ2n) is 10.5. The van der Waals surface area contributed by atoms with Crippen LogP contribution >= 0.6 is 0 Å². The summed E-state index contributed by atoms with van der Waals surface area (Å²) in [6.45, 7) is 8.13. The third kappa shape index (κ3) is 4.51. The van der Waals surface area contributed by atoms with E-state index >= 15 is 0 Å². The van der Waals surface area contributed by atoms with Crippen LogP contribution in [0.25, 0.3) is 5.69 Å². The molecule has 1 unspecified atom stereocenters. The standard InChI is InChI=1S/C31H34N6O3/c1-20-16-25(40-5)10-11-27(20)37-22(3)18-26-28(17-21(2)32-30(26)37)36-13-12-29(33-36)35-15-14-34(31(35)38)19-23-6-8-24(39-4)9-7-23/h6-13,16-17,22H,14-15,18-19H2,1-5H3. The van der Waals surface area contributed by atoms with Gasteiger partial charge in [-0.1, -0.05) is 12.1 Å². The van der Waals surface area contributed by atoms with Crippen LogP contribution in [0.5, 0.6) is 11.5 Å². The smallest absolute Gasteiger partial charge is 0.326 e. The predicted molar refractivity (Wildman–Crippen MR) is 155 cm³/mol. The van der Waals surface area contributed by atoms with E-state index in [-0.39, 0.29) is 12.1 Å². The predicted octanol–water partition coefficient (Wildman–Crippen LogP) is 5.43. The molecule has 2 aromatic carbocycles. The Bertz CT molecular complexity index is 1560. The summed E-state index contributed by atoms with van der Waals surface area (Å²) in [6.07, 6.45) is 2.78. The molecule has 0 N–H and O–H groups in total. The molecule has 9 nitrogen and oxygen atoms in total. The summed E-state index contributed by atoms with van der Waals surface area (Å²) >= 11 is 0. The number of nitrogens with zero attached hydrogens (tertiary/aromatic N) is 6. The number of hydrogen-bond acceptors (Lipinski definition) is 6. The van der Waals surface area contributed by atoms with E-state index in [0.29, 0.717) is 25.5 Å². The van der Waals surface area contributed by atoms with Gasteiger partial charge in [-0.3, -0.25) is 4.90 Å². The van der Waals surface area contributed by atoms with Crippen molar-refractivity contribution in [2.45, 2.75) is 39.8 Å². The quantitative estimate of drug-likeness (QED) is 0.313. The highest BCUT2D eigenvalue weighted by atomic mass is 16.5. The Hall–Kier alpha value is -4.53. The van der Waals surface area contributed by atoms with E-state index in [0.717, 1.165) is 57.5 Å². The number of urea groups is 1. The number of carbonyl (C=O) groups excluding carboxylic acids is 1. The van der Waals surface area contributed by atoms with Crippen LogP contribution in [-0.2, 0) is 13.0 Å². The molecule has 0 aliphatic carbocycles. The van der Waals surface area contributed by atoms with Crippen molar-refractivity contribution < 1.29 is 14.3 Å². The lowest BCUT2D eigenvalue weighted by molar-refractivity contribution is 0.218. The fourth-order valence-electron chi connectivity index (χ4n) is 5.72. The molecule has 1 saturated heterocycles. The van der Waals surface area contributed by atoms with E-state index < -0.39 is 0 Å². The maximum absolute atomic E-state index is 13.3. The Morgan fingerprint density at radius 2 is 1.68 bits per heavy atom. The van der Waals surface area contributed by atoms with Gasteiger partial charge in [-0.15, -0.1) is 5.10 Å². The summed E-state index contributed by atoms with van der Waals surface area (Å²) in [4.78, 5) is 24.2. The average molecular weight is 539 g/mol. The maximum Gasteiger partial charge on any atom is 0.326 e. The molecule has 2 aromatic heterocycles. The minimum absolute atomic E-state index is 0.0352. The summed E-state index contributed by atoms with van der Waals surface area (Å²) in [5, 5.41) is 4.87. The number of benzene rings is 2. The van der Waals surface area contributed by atoms with Gasteiger partial charge in [0.15, 0.2) is 5.82 Å². The number of hydrogen-bond donors (Lipinski definition) is 0. The number of aromatic nitrogens is 3. The number of carbonyl (C=O) groups is 1. The fourth-order valence-corrected chi connectivity index (χ4v) is 5.72. The van der Waals surface area contributed by atoms with Gasteiger partial charge in [0.25, 0.3) is 0 Å². The van der Waals surface area contributed by atoms with E-state index in [1.165, 1.54) is 0 Å². The maximum atomic E-state index is 13.3. The number of anilines is 3. The Labute approximate surface area is 234 Å². The van der Waals surface area contributed by atoms with Gasteiger partial charge in [-0.05, 0) is 74.7 Å². The van der Waals surface area contributed by atoms with E-state index in [1.54, 1.807) is 19.1 Å². The Kier molecular flexibility index (Phi) is 6.57. The lowest BCUT2D eigenvalue weighted by atomic mass is 10.1. The first-order valence-electron chi connectivity index (χ1n) is 13.6. The average Bonchev–Trinajstić information content (AvgIpc) is 3.66. The van der Waals surface area contributed by atoms with Gasteiger partial charge < -0.3 is 19.3 Å². The summed E-state index contributed by atoms with van der Waals surface area (Å²) in [5.74, 6) is 3.25. The summed E-state index contributed by atoms with van der Waals surface area (Å²) in [6, 6.07) is 18.2. The van der Waals surface area contributed by atoms with Crippen LogP contribution in [0, 0.1) is 13.8 Å². The Morgan fingerprint density at radius 1 is 0.925 bits per heavy atom. The van der Waals surface area contributed by atoms with Crippen molar-refractivity contribution in [1.29, 1.82) is 0 Å². The number of fused-ring (bicyclic) bond motifs is 1. The van der Waals surface area contributed by atoms with E-state index in [9.17, 15) is 4.79 Å². The molecule has 2 aliphatic rings. The molecule has 40 heavy (non-hydrogen) atoms. The number of aryl methyl sites for hydroxylation is 2. The van der Waals surface area contributed by atoms with Crippen molar-refractivity contribution in [3.63, 3.8) is 0 Å². The van der Waals surface area contributed by atoms with E-state index in [1.807, 2.05) is 59.1 Å². The Morgan fingerprint density at radius 3 is 2.40 bits per heavy atom. The second-order valence-corrected chi connectivity index (χ2v) is 10.5. The summed E-state index contributed by atoms with van der Waals surface area (Å²) < 4.78 is 12.6. The van der Waals surface area contributed by atoms with Gasteiger partial charge in [0.05, 0.1) is 19.9 Å². The number of methoxy groups -OCH3 is 2. The van der Waals surface area contributed by atoms with Crippen molar-refractivity contribution in [3.05, 3.63) is 83.2 Å². The van der Waals surface area contributed by atoms with Gasteiger partial charge in [0, 0.05) is 54.9 Å². The molecule has 0 saturated carbocycles. The summed E-state index contributed by atoms with van der Waals surface area (Å²) in [5.41, 5.74) is 6.39. The fraction of sp³-hybridized carbons (Fsp3) is 0.323. The van der Waals surface area contributed by atoms with Crippen LogP contribution in [0.4, 0.5) is 22.1 Å². The molecular weight excluding hydrogens is 504 g/mol. The molecule has 0 bridgehead atoms. The number of pyridine rings is 1. The first kappa shape index (κ1) is 25.7. The minimum atomic E-state index is -0.0352. The number of rotatable bonds is 7. The largest absolute Gasteiger partial charge is 0.497 e. The molecular formula is C31H34N6O3. The van der Waals surface area contributed by atoms with Gasteiger partial charge >= 0.3 is 6.03 Å². The van der Waals surface area contributed by atoms with Crippen LogP contribution in [0.1, 0.15) is 29.3 Å². The molecule has 9 heteroatoms. The first-order chi connectivity index (χ1) is 19.4. The molecule has 4 heterocycles. The number of amides is 2. The zero-order valence-corrected chi connectivity index (χ0v) is 23.6. The molecule has 1 fully saturated rings. The van der Waals surface area contributed by atoms with Gasteiger partial charge in [0.1, 0.15) is 17.3 Å². The zero-order valence-electron chi connectivity index (χ0n) is 23.6. The van der Waals surface area contributed by atoms with Gasteiger partial charge in [-0.2, -0.15) is 0 Å². The molecule has 0 spiro atoms. The highest BCUT2D eigenvalue weighted by Gasteiger charge is 2.34. The third-order valence-corrected chi connectivity index (χ3v) is 7.76. The monoisotopic (exact) mass is 538 g/mol.